The van der Waals surface area contributed by atoms with Gasteiger partial charge in [-0.15, -0.1) is 0 Å². The van der Waals surface area contributed by atoms with E-state index in [1.807, 2.05) is 64.1 Å². The molecule has 0 spiro atoms. The number of hydrogen-bond donors (Lipinski definition) is 2. The molecule has 0 bridgehead atoms. The van der Waals surface area contributed by atoms with Crippen LogP contribution in [0.25, 0.3) is 0 Å². The predicted octanol–water partition coefficient (Wildman–Crippen LogP) is 4.18. The third-order valence-corrected chi connectivity index (χ3v) is 7.13. The Hall–Kier alpha value is -2.57. The molecule has 0 aromatic heterocycles. The maximum atomic E-state index is 13.5. The summed E-state index contributed by atoms with van der Waals surface area (Å²) in [4.78, 5) is 28.1. The van der Waals surface area contributed by atoms with Crippen molar-refractivity contribution in [3.8, 4) is 5.75 Å². The van der Waals surface area contributed by atoms with E-state index in [-0.39, 0.29) is 24.2 Å². The lowest BCUT2D eigenvalue weighted by atomic mass is 9.66. The summed E-state index contributed by atoms with van der Waals surface area (Å²) in [6.45, 7) is 8.54. The molecule has 184 valence electrons. The summed E-state index contributed by atoms with van der Waals surface area (Å²) in [5.74, 6) is 0.193. The Labute approximate surface area is 207 Å². The van der Waals surface area contributed by atoms with Gasteiger partial charge in [0, 0.05) is 29.1 Å². The highest BCUT2D eigenvalue weighted by Crippen LogP contribution is 2.46. The van der Waals surface area contributed by atoms with E-state index in [9.17, 15) is 14.7 Å². The van der Waals surface area contributed by atoms with Gasteiger partial charge in [0.2, 0.25) is 11.8 Å². The molecule has 7 heteroatoms. The minimum absolute atomic E-state index is 0.0886. The zero-order valence-corrected chi connectivity index (χ0v) is 21.4. The maximum Gasteiger partial charge on any atom is 0.245 e. The number of aliphatic hydroxyl groups is 1. The molecule has 1 aliphatic heterocycles. The van der Waals surface area contributed by atoms with Crippen molar-refractivity contribution in [2.24, 2.45) is 11.3 Å². The first kappa shape index (κ1) is 26.0. The highest BCUT2D eigenvalue weighted by atomic mass is 35.5. The van der Waals surface area contributed by atoms with Crippen molar-refractivity contribution in [1.82, 2.24) is 10.2 Å². The van der Waals surface area contributed by atoms with Gasteiger partial charge in [-0.3, -0.25) is 9.59 Å². The van der Waals surface area contributed by atoms with Crippen molar-refractivity contribution in [2.75, 3.05) is 20.2 Å². The van der Waals surface area contributed by atoms with Crippen molar-refractivity contribution in [3.05, 3.63) is 64.7 Å². The molecule has 0 saturated carbocycles. The number of hydrogen-bond acceptors (Lipinski definition) is 4. The normalized spacial score (nSPS) is 20.6. The monoisotopic (exact) mass is 486 g/mol. The lowest BCUT2D eigenvalue weighted by Gasteiger charge is -2.51. The molecule has 0 unspecified atom stereocenters. The number of amides is 2. The largest absolute Gasteiger partial charge is 0.496 e. The second-order valence-electron chi connectivity index (χ2n) is 10.0. The average Bonchev–Trinajstić information content (AvgIpc) is 2.79. The van der Waals surface area contributed by atoms with Gasteiger partial charge in [-0.25, -0.2) is 0 Å². The van der Waals surface area contributed by atoms with Gasteiger partial charge < -0.3 is 20.1 Å². The van der Waals surface area contributed by atoms with Crippen LogP contribution in [0.4, 0.5) is 0 Å². The van der Waals surface area contributed by atoms with Crippen molar-refractivity contribution < 1.29 is 19.4 Å². The summed E-state index contributed by atoms with van der Waals surface area (Å²) < 4.78 is 5.34. The van der Waals surface area contributed by atoms with Crippen molar-refractivity contribution in [1.29, 1.82) is 0 Å². The summed E-state index contributed by atoms with van der Waals surface area (Å²) in [5.41, 5.74) is -0.129. The van der Waals surface area contributed by atoms with Crippen LogP contribution in [0.1, 0.15) is 45.2 Å². The first-order chi connectivity index (χ1) is 16.0. The Morgan fingerprint density at radius 2 is 1.79 bits per heavy atom. The predicted molar refractivity (Wildman–Crippen MR) is 134 cm³/mol. The van der Waals surface area contributed by atoms with Gasteiger partial charge in [-0.1, -0.05) is 69.6 Å². The molecular weight excluding hydrogens is 452 g/mol. The second-order valence-corrected chi connectivity index (χ2v) is 10.5. The summed E-state index contributed by atoms with van der Waals surface area (Å²) in [6, 6.07) is 13.9. The number of likely N-dealkylation sites (tertiary alicyclic amines) is 1. The Morgan fingerprint density at radius 3 is 2.38 bits per heavy atom. The molecule has 2 amide bonds. The van der Waals surface area contributed by atoms with E-state index in [2.05, 4.69) is 5.32 Å². The van der Waals surface area contributed by atoms with E-state index in [1.165, 1.54) is 0 Å². The fraction of sp³-hybridized carbons (Fsp3) is 0.481. The Balaban J connectivity index is 1.72. The number of para-hydroxylation sites is 1. The van der Waals surface area contributed by atoms with Crippen LogP contribution in [0.15, 0.2) is 48.5 Å². The van der Waals surface area contributed by atoms with E-state index in [4.69, 9.17) is 16.3 Å². The third kappa shape index (κ3) is 5.39. The first-order valence-corrected chi connectivity index (χ1v) is 12.0. The minimum Gasteiger partial charge on any atom is -0.496 e. The van der Waals surface area contributed by atoms with Gasteiger partial charge >= 0.3 is 0 Å². The number of piperidine rings is 1. The smallest absolute Gasteiger partial charge is 0.245 e. The number of ether oxygens (including phenoxy) is 1. The minimum atomic E-state index is -1.09. The van der Waals surface area contributed by atoms with Gasteiger partial charge in [0.25, 0.3) is 0 Å². The van der Waals surface area contributed by atoms with Crippen LogP contribution in [-0.4, -0.2) is 48.1 Å². The second kappa shape index (κ2) is 10.4. The lowest BCUT2D eigenvalue weighted by molar-refractivity contribution is -0.156. The zero-order chi connectivity index (χ0) is 25.1. The number of carbonyl (C=O) groups excluding carboxylic acids is 2. The maximum absolute atomic E-state index is 13.5. The first-order valence-electron chi connectivity index (χ1n) is 11.7. The molecule has 1 heterocycles. The Kier molecular flexibility index (Phi) is 7.94. The molecule has 0 radical (unpaired) electrons. The molecule has 2 aromatic carbocycles. The van der Waals surface area contributed by atoms with Gasteiger partial charge in [0.15, 0.2) is 0 Å². The van der Waals surface area contributed by atoms with Crippen molar-refractivity contribution >= 4 is 23.4 Å². The van der Waals surface area contributed by atoms with Crippen LogP contribution < -0.4 is 10.1 Å². The van der Waals surface area contributed by atoms with Gasteiger partial charge in [0.05, 0.1) is 19.1 Å². The Morgan fingerprint density at radius 1 is 1.15 bits per heavy atom. The van der Waals surface area contributed by atoms with Crippen LogP contribution in [0, 0.1) is 11.3 Å². The molecule has 2 atom stereocenters. The fourth-order valence-electron chi connectivity index (χ4n) is 4.73. The molecule has 0 aliphatic carbocycles. The molecule has 1 aliphatic rings. The molecule has 1 saturated heterocycles. The molecule has 6 nitrogen and oxygen atoms in total. The van der Waals surface area contributed by atoms with E-state index >= 15 is 0 Å². The number of benzene rings is 2. The van der Waals surface area contributed by atoms with E-state index in [0.29, 0.717) is 30.3 Å². The van der Waals surface area contributed by atoms with Crippen LogP contribution >= 0.6 is 11.6 Å². The number of nitrogens with zero attached hydrogens (tertiary/aromatic N) is 1. The number of methoxy groups -OCH3 is 1. The van der Waals surface area contributed by atoms with E-state index in [1.54, 1.807) is 24.1 Å². The standard InChI is InChI=1S/C27H35ClN2O4/c1-18(2)24(29-23(31)16-19-8-6-7-9-22(19)34-5)25(32)30-15-14-27(33,26(3,4)17-30)20-10-12-21(28)13-11-20/h6-13,18,24,33H,14-17H2,1-5H3,(H,29,31)/t24-,27+/m1/s1. The number of nitrogens with one attached hydrogen (secondary N) is 1. The van der Waals surface area contributed by atoms with Crippen LogP contribution in [0.3, 0.4) is 0 Å². The van der Waals surface area contributed by atoms with Crippen LogP contribution in [-0.2, 0) is 21.6 Å². The number of carbonyl (C=O) groups is 2. The summed E-state index contributed by atoms with van der Waals surface area (Å²) in [6.07, 6.45) is 0.523. The number of rotatable bonds is 7. The van der Waals surface area contributed by atoms with Crippen molar-refractivity contribution in [3.63, 3.8) is 0 Å². The third-order valence-electron chi connectivity index (χ3n) is 6.88. The Bertz CT molecular complexity index is 1020. The highest BCUT2D eigenvalue weighted by molar-refractivity contribution is 6.30. The van der Waals surface area contributed by atoms with Crippen LogP contribution in [0.5, 0.6) is 5.75 Å². The summed E-state index contributed by atoms with van der Waals surface area (Å²) >= 11 is 6.03. The summed E-state index contributed by atoms with van der Waals surface area (Å²) in [5, 5.41) is 15.2. The van der Waals surface area contributed by atoms with Crippen LogP contribution in [0.2, 0.25) is 5.02 Å². The molecular formula is C27H35ClN2O4. The van der Waals surface area contributed by atoms with Gasteiger partial charge in [-0.2, -0.15) is 0 Å². The van der Waals surface area contributed by atoms with E-state index in [0.717, 1.165) is 11.1 Å². The molecule has 2 N–H and O–H groups in total. The molecule has 1 fully saturated rings. The molecule has 34 heavy (non-hydrogen) atoms. The quantitative estimate of drug-likeness (QED) is 0.615. The average molecular weight is 487 g/mol. The van der Waals surface area contributed by atoms with E-state index < -0.39 is 17.1 Å². The van der Waals surface area contributed by atoms with Gasteiger partial charge in [0.1, 0.15) is 11.8 Å². The molecule has 2 aromatic rings. The molecule has 3 rings (SSSR count). The SMILES string of the molecule is COc1ccccc1CC(=O)N[C@@H](C(=O)N1CC[C@](O)(c2ccc(Cl)cc2)C(C)(C)C1)C(C)C. The zero-order valence-electron chi connectivity index (χ0n) is 20.6. The van der Waals surface area contributed by atoms with Crippen molar-refractivity contribution in [2.45, 2.75) is 52.2 Å². The topological polar surface area (TPSA) is 78.9 Å². The van der Waals surface area contributed by atoms with Gasteiger partial charge in [-0.05, 0) is 36.1 Å². The lowest BCUT2D eigenvalue weighted by Crippen LogP contribution is -2.60. The number of halogens is 1. The highest BCUT2D eigenvalue weighted by Gasteiger charge is 2.50. The summed E-state index contributed by atoms with van der Waals surface area (Å²) in [7, 11) is 1.57. The fourth-order valence-corrected chi connectivity index (χ4v) is 4.85.